The van der Waals surface area contributed by atoms with Crippen molar-refractivity contribution < 1.29 is 29.2 Å². The van der Waals surface area contributed by atoms with Gasteiger partial charge in [0.2, 0.25) is 0 Å². The van der Waals surface area contributed by atoms with Crippen molar-refractivity contribution in [2.24, 2.45) is 0 Å². The highest BCUT2D eigenvalue weighted by molar-refractivity contribution is 8.14. The van der Waals surface area contributed by atoms with E-state index in [2.05, 4.69) is 0 Å². The third-order valence-corrected chi connectivity index (χ3v) is 6.44. The molecule has 3 amide bonds. The number of carbonyl (C=O) groups excluding carboxylic acids is 3. The molecule has 0 bridgehead atoms. The molecule has 0 saturated carbocycles. The van der Waals surface area contributed by atoms with Gasteiger partial charge >= 0.3 is 12.1 Å². The Kier molecular flexibility index (Phi) is 7.91. The van der Waals surface area contributed by atoms with Crippen LogP contribution >= 0.6 is 11.8 Å². The summed E-state index contributed by atoms with van der Waals surface area (Å²) in [6, 6.07) is 5.27. The molecule has 174 valence electrons. The van der Waals surface area contributed by atoms with Gasteiger partial charge in [-0.1, -0.05) is 11.8 Å². The highest BCUT2D eigenvalue weighted by Gasteiger charge is 2.40. The molecule has 0 aromatic heterocycles. The minimum Gasteiger partial charge on any atom is -0.445 e. The van der Waals surface area contributed by atoms with Crippen molar-refractivity contribution in [3.63, 3.8) is 0 Å². The second-order valence-corrected chi connectivity index (χ2v) is 9.17. The normalized spacial score (nSPS) is 20.7. The van der Waals surface area contributed by atoms with Gasteiger partial charge in [-0.2, -0.15) is 0 Å². The van der Waals surface area contributed by atoms with E-state index < -0.39 is 11.0 Å². The largest absolute Gasteiger partial charge is 0.445 e. The zero-order valence-electron chi connectivity index (χ0n) is 17.7. The zero-order chi connectivity index (χ0) is 23.3. The first-order valence-corrected chi connectivity index (χ1v) is 11.1. The molecular formula is C20H26N4O7S. The molecule has 1 aromatic rings. The highest BCUT2D eigenvalue weighted by Crippen LogP contribution is 2.30. The number of nitro benzene ring substituents is 1. The Morgan fingerprint density at radius 3 is 2.56 bits per heavy atom. The van der Waals surface area contributed by atoms with E-state index >= 15 is 0 Å². The van der Waals surface area contributed by atoms with Crippen LogP contribution in [0.2, 0.25) is 0 Å². The predicted molar refractivity (Wildman–Crippen MR) is 116 cm³/mol. The topological polar surface area (TPSA) is 134 Å². The molecule has 2 aliphatic heterocycles. The van der Waals surface area contributed by atoms with Gasteiger partial charge in [0.25, 0.3) is 5.69 Å². The van der Waals surface area contributed by atoms with Gasteiger partial charge in [-0.05, 0) is 24.1 Å². The van der Waals surface area contributed by atoms with Gasteiger partial charge in [-0.25, -0.2) is 9.59 Å². The number of nitro groups is 1. The summed E-state index contributed by atoms with van der Waals surface area (Å²) < 4.78 is 5.42. The van der Waals surface area contributed by atoms with Crippen molar-refractivity contribution in [2.45, 2.75) is 31.2 Å². The van der Waals surface area contributed by atoms with Crippen LogP contribution < -0.4 is 0 Å². The summed E-state index contributed by atoms with van der Waals surface area (Å²) >= 11 is 1.17. The van der Waals surface area contributed by atoms with Crippen LogP contribution in [0, 0.1) is 10.1 Å². The van der Waals surface area contributed by atoms with Crippen LogP contribution in [0.15, 0.2) is 24.3 Å². The van der Waals surface area contributed by atoms with Crippen molar-refractivity contribution >= 4 is 34.7 Å². The minimum absolute atomic E-state index is 0.0405. The second-order valence-electron chi connectivity index (χ2n) is 7.69. The lowest BCUT2D eigenvalue weighted by molar-refractivity contribution is -0.384. The molecule has 32 heavy (non-hydrogen) atoms. The van der Waals surface area contributed by atoms with Crippen molar-refractivity contribution in [2.75, 3.05) is 39.3 Å². The number of nitrogens with zero attached hydrogens (tertiary/aromatic N) is 4. The van der Waals surface area contributed by atoms with Gasteiger partial charge in [-0.15, -0.1) is 0 Å². The summed E-state index contributed by atoms with van der Waals surface area (Å²) in [6.07, 6.45) is -0.000398. The number of amides is 3. The fourth-order valence-corrected chi connectivity index (χ4v) is 4.94. The number of hydrogen-bond donors (Lipinski definition) is 1. The number of benzene rings is 1. The molecule has 2 atom stereocenters. The molecule has 2 aliphatic rings. The van der Waals surface area contributed by atoms with Crippen LogP contribution in [0.4, 0.5) is 15.3 Å². The molecule has 1 aromatic carbocycles. The number of non-ortho nitro benzene ring substituents is 1. The Labute approximate surface area is 189 Å². The smallest absolute Gasteiger partial charge is 0.410 e. The standard InChI is InChI=1S/C20H26N4O7S/c1-14(26)32-18-10-17(11-22-7-6-21(8-9-25)19(22)27)23(12-18)20(28)31-13-15-2-4-16(5-3-15)24(29)30/h2-5,17-18,25H,6-13H2,1H3/t17-,18-/m0/s1. The molecule has 3 rings (SSSR count). The Bertz CT molecular complexity index is 866. The number of carbonyl (C=O) groups is 3. The maximum absolute atomic E-state index is 12.8. The van der Waals surface area contributed by atoms with Gasteiger partial charge in [0.1, 0.15) is 6.61 Å². The quantitative estimate of drug-likeness (QED) is 0.452. The van der Waals surface area contributed by atoms with Gasteiger partial charge in [0.05, 0.1) is 17.6 Å². The van der Waals surface area contributed by atoms with Crippen molar-refractivity contribution in [3.05, 3.63) is 39.9 Å². The molecule has 12 heteroatoms. The first kappa shape index (κ1) is 23.8. The van der Waals surface area contributed by atoms with Crippen molar-refractivity contribution in [1.82, 2.24) is 14.7 Å². The van der Waals surface area contributed by atoms with Gasteiger partial charge < -0.3 is 24.5 Å². The third kappa shape index (κ3) is 5.88. The van der Waals surface area contributed by atoms with E-state index in [1.54, 1.807) is 14.7 Å². The SMILES string of the molecule is CC(=O)S[C@H]1C[C@@H](CN2CCN(CCO)C2=O)N(C(=O)OCc2ccc([N+](=O)[O-])cc2)C1. The number of aliphatic hydroxyl groups is 1. The van der Waals surface area contributed by atoms with E-state index in [0.29, 0.717) is 38.2 Å². The first-order valence-electron chi connectivity index (χ1n) is 10.3. The molecule has 2 heterocycles. The molecule has 11 nitrogen and oxygen atoms in total. The Morgan fingerprint density at radius 1 is 1.25 bits per heavy atom. The lowest BCUT2D eigenvalue weighted by Crippen LogP contribution is -2.45. The Balaban J connectivity index is 1.62. The number of hydrogen-bond acceptors (Lipinski definition) is 8. The average Bonchev–Trinajstić information content (AvgIpc) is 3.30. The van der Waals surface area contributed by atoms with Crippen LogP contribution in [0.25, 0.3) is 0 Å². The number of β-amino-alcohol motifs (C(OH)–C–C–N with tert-alkyl or cyclic N) is 1. The molecule has 2 saturated heterocycles. The van der Waals surface area contributed by atoms with E-state index in [-0.39, 0.29) is 47.9 Å². The van der Waals surface area contributed by atoms with Crippen molar-refractivity contribution in [3.8, 4) is 0 Å². The van der Waals surface area contributed by atoms with Crippen molar-refractivity contribution in [1.29, 1.82) is 0 Å². The van der Waals surface area contributed by atoms with Gasteiger partial charge in [0.15, 0.2) is 5.12 Å². The lowest BCUT2D eigenvalue weighted by atomic mass is 10.2. The first-order chi connectivity index (χ1) is 15.3. The van der Waals surface area contributed by atoms with Crippen LogP contribution in [-0.4, -0.2) is 92.6 Å². The van der Waals surface area contributed by atoms with E-state index in [1.165, 1.54) is 43.0 Å². The summed E-state index contributed by atoms with van der Waals surface area (Å²) in [5, 5.41) is 19.7. The molecule has 0 unspecified atom stereocenters. The monoisotopic (exact) mass is 466 g/mol. The van der Waals surface area contributed by atoms with E-state index in [4.69, 9.17) is 9.84 Å². The number of thioether (sulfide) groups is 1. The minimum atomic E-state index is -0.557. The molecule has 0 radical (unpaired) electrons. The Morgan fingerprint density at radius 2 is 1.94 bits per heavy atom. The molecular weight excluding hydrogens is 440 g/mol. The molecule has 0 aliphatic carbocycles. The van der Waals surface area contributed by atoms with E-state index in [1.807, 2.05) is 0 Å². The molecule has 2 fully saturated rings. The number of likely N-dealkylation sites (tertiary alicyclic amines) is 1. The van der Waals surface area contributed by atoms with E-state index in [0.717, 1.165) is 0 Å². The maximum atomic E-state index is 12.8. The predicted octanol–water partition coefficient (Wildman–Crippen LogP) is 1.68. The molecule has 1 N–H and O–H groups in total. The second kappa shape index (κ2) is 10.6. The van der Waals surface area contributed by atoms with Gasteiger partial charge in [-0.3, -0.25) is 14.9 Å². The number of aliphatic hydroxyl groups excluding tert-OH is 1. The van der Waals surface area contributed by atoms with E-state index in [9.17, 15) is 24.5 Å². The van der Waals surface area contributed by atoms with Crippen LogP contribution in [-0.2, 0) is 16.1 Å². The fraction of sp³-hybridized carbons (Fsp3) is 0.550. The number of urea groups is 1. The van der Waals surface area contributed by atoms with Gasteiger partial charge in [0, 0.05) is 57.0 Å². The Hall–Kier alpha value is -2.86. The number of ether oxygens (including phenoxy) is 1. The summed E-state index contributed by atoms with van der Waals surface area (Å²) in [4.78, 5) is 51.9. The average molecular weight is 467 g/mol. The van der Waals surface area contributed by atoms with Crippen LogP contribution in [0.3, 0.4) is 0 Å². The maximum Gasteiger partial charge on any atom is 0.410 e. The lowest BCUT2D eigenvalue weighted by Gasteiger charge is -2.28. The summed E-state index contributed by atoms with van der Waals surface area (Å²) in [5.41, 5.74) is 0.568. The highest BCUT2D eigenvalue weighted by atomic mass is 32.2. The summed E-state index contributed by atoms with van der Waals surface area (Å²) in [7, 11) is 0. The number of rotatable bonds is 8. The van der Waals surface area contributed by atoms with Crippen LogP contribution in [0.5, 0.6) is 0 Å². The summed E-state index contributed by atoms with van der Waals surface area (Å²) in [6.45, 7) is 3.27. The third-order valence-electron chi connectivity index (χ3n) is 5.43. The molecule has 0 spiro atoms. The summed E-state index contributed by atoms with van der Waals surface area (Å²) in [5.74, 6) is 0. The van der Waals surface area contributed by atoms with Crippen LogP contribution in [0.1, 0.15) is 18.9 Å². The fourth-order valence-electron chi connectivity index (χ4n) is 3.92. The zero-order valence-corrected chi connectivity index (χ0v) is 18.5.